The molecule has 0 spiro atoms. The van der Waals surface area contributed by atoms with Gasteiger partial charge in [-0.05, 0) is 135 Å². The summed E-state index contributed by atoms with van der Waals surface area (Å²) in [6, 6.07) is 40.5. The Kier molecular flexibility index (Phi) is 14.8. The first-order valence-corrected chi connectivity index (χ1v) is 22.1. The Morgan fingerprint density at radius 3 is 1.46 bits per heavy atom. The van der Waals surface area contributed by atoms with Gasteiger partial charge in [0.2, 0.25) is 5.91 Å². The minimum atomic E-state index is -0.521. The number of benzene rings is 5. The van der Waals surface area contributed by atoms with Crippen LogP contribution >= 0.6 is 0 Å². The zero-order chi connectivity index (χ0) is 44.6. The monoisotopic (exact) mass is 825 g/mol. The van der Waals surface area contributed by atoms with Crippen LogP contribution in [0.4, 0.5) is 11.4 Å². The molecule has 5 aromatic carbocycles. The molecule has 5 aromatic rings. The van der Waals surface area contributed by atoms with Crippen LogP contribution in [-0.4, -0.2) is 23.0 Å². The molecule has 0 aliphatic rings. The molecular formula is C54H68N2O5. The van der Waals surface area contributed by atoms with Gasteiger partial charge in [0.05, 0.1) is 11.5 Å². The first-order chi connectivity index (χ1) is 28.9. The molecular weight excluding hydrogens is 757 g/mol. The van der Waals surface area contributed by atoms with Gasteiger partial charge in [-0.2, -0.15) is 0 Å². The molecule has 1 amide bonds. The minimum Gasteiger partial charge on any atom is -0.488 e. The third-order valence-corrected chi connectivity index (χ3v) is 12.7. The van der Waals surface area contributed by atoms with Crippen molar-refractivity contribution < 1.29 is 23.8 Å². The lowest BCUT2D eigenvalue weighted by Crippen LogP contribution is -2.49. The molecule has 0 heterocycles. The molecule has 0 aliphatic heterocycles. The number of ether oxygens (including phenoxy) is 3. The van der Waals surface area contributed by atoms with Gasteiger partial charge in [-0.15, -0.1) is 0 Å². The third kappa shape index (κ3) is 11.2. The molecule has 0 aromatic heterocycles. The molecule has 0 radical (unpaired) electrons. The molecule has 0 aliphatic carbocycles. The lowest BCUT2D eigenvalue weighted by molar-refractivity contribution is -0.141. The van der Waals surface area contributed by atoms with E-state index >= 15 is 0 Å². The van der Waals surface area contributed by atoms with Gasteiger partial charge >= 0.3 is 5.97 Å². The summed E-state index contributed by atoms with van der Waals surface area (Å²) in [7, 11) is 0. The van der Waals surface area contributed by atoms with Gasteiger partial charge < -0.3 is 24.8 Å². The van der Waals surface area contributed by atoms with E-state index in [4.69, 9.17) is 14.2 Å². The molecule has 7 heteroatoms. The molecule has 0 saturated carbocycles. The quantitative estimate of drug-likeness (QED) is 0.0637. The van der Waals surface area contributed by atoms with Crippen molar-refractivity contribution in [3.05, 3.63) is 144 Å². The van der Waals surface area contributed by atoms with Crippen molar-refractivity contribution in [3.8, 4) is 23.0 Å². The summed E-state index contributed by atoms with van der Waals surface area (Å²) in [5.41, 5.74) is 5.18. The second-order valence-corrected chi connectivity index (χ2v) is 18.3. The van der Waals surface area contributed by atoms with E-state index in [-0.39, 0.29) is 40.1 Å². The maximum atomic E-state index is 14.0. The zero-order valence-corrected chi connectivity index (χ0v) is 38.6. The molecule has 7 nitrogen and oxygen atoms in total. The molecule has 324 valence electrons. The van der Waals surface area contributed by atoms with Crippen LogP contribution in [0.2, 0.25) is 0 Å². The summed E-state index contributed by atoms with van der Waals surface area (Å²) in [5, 5.41) is 6.62. The van der Waals surface area contributed by atoms with Gasteiger partial charge in [0, 0.05) is 28.1 Å². The fraction of sp³-hybridized carbons (Fsp3) is 0.407. The van der Waals surface area contributed by atoms with Crippen molar-refractivity contribution in [2.45, 2.75) is 131 Å². The van der Waals surface area contributed by atoms with Gasteiger partial charge in [-0.3, -0.25) is 9.59 Å². The second-order valence-electron chi connectivity index (χ2n) is 18.3. The SMILES string of the molecule is CCC(C(=O)Oc1ccc(C(C)(C)c2cccc(C(C)(C)c3ccc(OC(C)(C)CC)cc3)c2)cc1)C(CC)(CC)Nc1ccc(Oc2ccc(NC(=O)C(C)C)cc2)cc1. The Morgan fingerprint density at radius 1 is 0.557 bits per heavy atom. The van der Waals surface area contributed by atoms with Crippen molar-refractivity contribution in [1.82, 2.24) is 0 Å². The second kappa shape index (κ2) is 19.4. The smallest absolute Gasteiger partial charge is 0.316 e. The molecule has 1 unspecified atom stereocenters. The first-order valence-electron chi connectivity index (χ1n) is 22.1. The van der Waals surface area contributed by atoms with E-state index in [1.165, 1.54) is 16.7 Å². The number of amides is 1. The maximum absolute atomic E-state index is 14.0. The number of carbonyl (C=O) groups is 2. The fourth-order valence-electron chi connectivity index (χ4n) is 7.80. The zero-order valence-electron chi connectivity index (χ0n) is 38.6. The third-order valence-electron chi connectivity index (χ3n) is 12.7. The van der Waals surface area contributed by atoms with Crippen molar-refractivity contribution in [2.75, 3.05) is 10.6 Å². The summed E-state index contributed by atoms with van der Waals surface area (Å²) < 4.78 is 18.4. The van der Waals surface area contributed by atoms with Crippen LogP contribution in [0.5, 0.6) is 23.0 Å². The Morgan fingerprint density at radius 2 is 1.02 bits per heavy atom. The normalized spacial score (nSPS) is 12.7. The fourth-order valence-corrected chi connectivity index (χ4v) is 7.80. The Bertz CT molecular complexity index is 2200. The van der Waals surface area contributed by atoms with Gasteiger partial charge in [-0.1, -0.05) is 118 Å². The van der Waals surface area contributed by atoms with E-state index in [1.807, 2.05) is 81.4 Å². The average molecular weight is 825 g/mol. The van der Waals surface area contributed by atoms with Crippen LogP contribution in [0.1, 0.15) is 131 Å². The predicted molar refractivity (Wildman–Crippen MR) is 251 cm³/mol. The Balaban J connectivity index is 1.24. The van der Waals surface area contributed by atoms with Crippen molar-refractivity contribution in [1.29, 1.82) is 0 Å². The summed E-state index contributed by atoms with van der Waals surface area (Å²) in [6.07, 6.45) is 3.02. The van der Waals surface area contributed by atoms with E-state index in [0.29, 0.717) is 23.7 Å². The van der Waals surface area contributed by atoms with Gasteiger partial charge in [0.1, 0.15) is 28.6 Å². The summed E-state index contributed by atoms with van der Waals surface area (Å²) in [4.78, 5) is 26.0. The summed E-state index contributed by atoms with van der Waals surface area (Å²) >= 11 is 0. The topological polar surface area (TPSA) is 85.9 Å². The number of nitrogens with one attached hydrogen (secondary N) is 2. The molecule has 0 saturated heterocycles. The number of hydrogen-bond acceptors (Lipinski definition) is 6. The first kappa shape index (κ1) is 46.5. The van der Waals surface area contributed by atoms with Gasteiger partial charge in [0.25, 0.3) is 0 Å². The van der Waals surface area contributed by atoms with E-state index in [2.05, 4.69) is 134 Å². The van der Waals surface area contributed by atoms with Crippen LogP contribution in [0, 0.1) is 11.8 Å². The molecule has 61 heavy (non-hydrogen) atoms. The summed E-state index contributed by atoms with van der Waals surface area (Å²) in [6.45, 7) is 25.4. The highest BCUT2D eigenvalue weighted by Gasteiger charge is 2.41. The van der Waals surface area contributed by atoms with Crippen LogP contribution in [0.15, 0.2) is 121 Å². The van der Waals surface area contributed by atoms with Crippen molar-refractivity contribution >= 4 is 23.3 Å². The number of anilines is 2. The van der Waals surface area contributed by atoms with Crippen LogP contribution in [0.25, 0.3) is 0 Å². The summed E-state index contributed by atoms with van der Waals surface area (Å²) in [5.74, 6) is 2.01. The highest BCUT2D eigenvalue weighted by Crippen LogP contribution is 2.39. The van der Waals surface area contributed by atoms with Gasteiger partial charge in [0.15, 0.2) is 0 Å². The highest BCUT2D eigenvalue weighted by atomic mass is 16.5. The van der Waals surface area contributed by atoms with Crippen molar-refractivity contribution in [2.24, 2.45) is 11.8 Å². The van der Waals surface area contributed by atoms with Crippen LogP contribution in [0.3, 0.4) is 0 Å². The number of hydrogen-bond donors (Lipinski definition) is 2. The average Bonchev–Trinajstić information content (AvgIpc) is 3.25. The van der Waals surface area contributed by atoms with Crippen LogP contribution < -0.4 is 24.8 Å². The standard InChI is InChI=1S/C54H68N2O5/c1-13-48(54(15-3,16-4)56-43-26-34-45(35-27-43)59-44-32-24-42(25-33-44)55-49(57)37(5)6)50(58)60-46-28-20-38(21-29-46)52(9,10)40-18-17-19-41(36-40)53(11,12)39-22-30-47(31-23-39)61-51(7,8)14-2/h17-37,48,56H,13-16H2,1-12H3,(H,55,57). The minimum absolute atomic E-state index is 0.0290. The lowest BCUT2D eigenvalue weighted by Gasteiger charge is -2.39. The lowest BCUT2D eigenvalue weighted by atomic mass is 9.73. The molecule has 0 fully saturated rings. The van der Waals surface area contributed by atoms with E-state index in [9.17, 15) is 9.59 Å². The number of rotatable bonds is 19. The Labute approximate surface area is 365 Å². The van der Waals surface area contributed by atoms with Crippen molar-refractivity contribution in [3.63, 3.8) is 0 Å². The highest BCUT2D eigenvalue weighted by molar-refractivity contribution is 5.92. The van der Waals surface area contributed by atoms with Crippen LogP contribution in [-0.2, 0) is 20.4 Å². The predicted octanol–water partition coefficient (Wildman–Crippen LogP) is 13.9. The molecule has 2 N–H and O–H groups in total. The van der Waals surface area contributed by atoms with E-state index < -0.39 is 5.54 Å². The molecule has 0 bridgehead atoms. The largest absolute Gasteiger partial charge is 0.488 e. The number of carbonyl (C=O) groups excluding carboxylic acids is 2. The number of esters is 1. The molecule has 1 atom stereocenters. The Hall–Kier alpha value is -5.56. The van der Waals surface area contributed by atoms with E-state index in [1.54, 1.807) is 0 Å². The molecule has 5 rings (SSSR count). The van der Waals surface area contributed by atoms with Gasteiger partial charge in [-0.25, -0.2) is 0 Å². The maximum Gasteiger partial charge on any atom is 0.316 e. The van der Waals surface area contributed by atoms with E-state index in [0.717, 1.165) is 42.0 Å².